The van der Waals surface area contributed by atoms with E-state index in [1.807, 2.05) is 20.8 Å². The number of hydrogen-bond acceptors (Lipinski definition) is 21. The van der Waals surface area contributed by atoms with Gasteiger partial charge < -0.3 is 95.8 Å². The molecule has 0 aliphatic carbocycles. The number of rotatable bonds is 55. The Morgan fingerprint density at radius 1 is 0.409 bits per heavy atom. The van der Waals surface area contributed by atoms with Crippen LogP contribution in [0.5, 0.6) is 0 Å². The Hall–Kier alpha value is -1.29. The van der Waals surface area contributed by atoms with Gasteiger partial charge in [0.15, 0.2) is 31.3 Å². The molecule has 8 unspecified atom stereocenters. The molecule has 0 aromatic rings. The summed E-state index contributed by atoms with van der Waals surface area (Å²) in [6.45, 7) is 28.4. The summed E-state index contributed by atoms with van der Waals surface area (Å²) >= 11 is 0. The van der Waals surface area contributed by atoms with Gasteiger partial charge in [-0.05, 0) is 70.6 Å². The summed E-state index contributed by atoms with van der Waals surface area (Å²) in [5, 5.41) is 38.1. The third-order valence-electron chi connectivity index (χ3n) is 16.2. The second-order valence-corrected chi connectivity index (χ2v) is 24.0. The smallest absolute Gasteiger partial charge is 0.303 e. The number of aliphatic hydroxyl groups is 3. The molecular weight excluding hydrogens is 1140 g/mol. The summed E-state index contributed by atoms with van der Waals surface area (Å²) in [7, 11) is 0. The van der Waals surface area contributed by atoms with Crippen molar-refractivity contribution in [1.29, 1.82) is 0 Å². The van der Waals surface area contributed by atoms with E-state index >= 15 is 0 Å². The monoisotopic (exact) mass is 1270 g/mol. The van der Waals surface area contributed by atoms with Gasteiger partial charge in [-0.1, -0.05) is 140 Å². The van der Waals surface area contributed by atoms with E-state index < -0.39 is 117 Å². The molecule has 0 saturated carbocycles. The van der Waals surface area contributed by atoms with Gasteiger partial charge in [0.2, 0.25) is 0 Å². The maximum Gasteiger partial charge on any atom is 0.303 e. The highest BCUT2D eigenvalue weighted by molar-refractivity contribution is 5.66. The van der Waals surface area contributed by atoms with Crippen molar-refractivity contribution in [2.24, 2.45) is 5.92 Å². The fourth-order valence-corrected chi connectivity index (χ4v) is 10.6. The Morgan fingerprint density at radius 3 is 1.40 bits per heavy atom. The molecule has 522 valence electrons. The first-order valence-electron chi connectivity index (χ1n) is 35.0. The fourth-order valence-electron chi connectivity index (χ4n) is 10.6. The Morgan fingerprint density at radius 2 is 0.852 bits per heavy atom. The molecular formula is C67H128O21. The molecule has 0 spiro atoms. The first kappa shape index (κ1) is 80.9. The van der Waals surface area contributed by atoms with Crippen molar-refractivity contribution in [3.8, 4) is 0 Å². The van der Waals surface area contributed by atoms with Gasteiger partial charge in [0, 0.05) is 85.5 Å². The van der Waals surface area contributed by atoms with E-state index in [0.717, 1.165) is 116 Å². The zero-order chi connectivity index (χ0) is 64.3. The molecule has 0 aromatic heterocycles. The molecule has 0 aromatic carbocycles. The van der Waals surface area contributed by atoms with Crippen molar-refractivity contribution in [2.45, 2.75) is 329 Å². The summed E-state index contributed by atoms with van der Waals surface area (Å²) < 4.78 is 112. The molecule has 3 aliphatic rings. The van der Waals surface area contributed by atoms with E-state index in [9.17, 15) is 20.1 Å². The lowest BCUT2D eigenvalue weighted by atomic mass is 9.91. The number of ether oxygens (including phenoxy) is 17. The van der Waals surface area contributed by atoms with Crippen LogP contribution in [0.25, 0.3) is 0 Å². The van der Waals surface area contributed by atoms with E-state index in [1.165, 1.54) is 6.92 Å². The predicted molar refractivity (Wildman–Crippen MR) is 335 cm³/mol. The third kappa shape index (κ3) is 29.6. The second kappa shape index (κ2) is 50.2. The third-order valence-corrected chi connectivity index (χ3v) is 16.2. The minimum Gasteiger partial charge on any atom is -0.454 e. The average Bonchev–Trinajstić information content (AvgIpc) is 0.929. The lowest BCUT2D eigenvalue weighted by Crippen LogP contribution is -2.66. The van der Waals surface area contributed by atoms with Crippen molar-refractivity contribution in [3.05, 3.63) is 0 Å². The Bertz CT molecular complexity index is 1640. The highest BCUT2D eigenvalue weighted by atomic mass is 16.8. The quantitative estimate of drug-likeness (QED) is 0.0292. The van der Waals surface area contributed by atoms with E-state index in [2.05, 4.69) is 55.4 Å². The van der Waals surface area contributed by atoms with Crippen LogP contribution in [0, 0.1) is 5.92 Å². The zero-order valence-electron chi connectivity index (χ0n) is 56.9. The van der Waals surface area contributed by atoms with Gasteiger partial charge in [-0.3, -0.25) is 4.79 Å². The largest absolute Gasteiger partial charge is 0.454 e. The summed E-state index contributed by atoms with van der Waals surface area (Å²) in [4.78, 5) is 13.3. The predicted octanol–water partition coefficient (Wildman–Crippen LogP) is 10.3. The number of unbranched alkanes of at least 4 members (excludes halogenated alkanes) is 10. The van der Waals surface area contributed by atoms with E-state index in [-0.39, 0.29) is 39.0 Å². The van der Waals surface area contributed by atoms with Gasteiger partial charge >= 0.3 is 5.97 Å². The van der Waals surface area contributed by atoms with E-state index in [1.54, 1.807) is 0 Å². The summed E-state index contributed by atoms with van der Waals surface area (Å²) in [6, 6.07) is 0. The van der Waals surface area contributed by atoms with E-state index in [0.29, 0.717) is 78.7 Å². The molecule has 0 radical (unpaired) electrons. The molecule has 21 nitrogen and oxygen atoms in total. The molecule has 3 aliphatic heterocycles. The summed E-state index contributed by atoms with van der Waals surface area (Å²) in [6.07, 6.45) is -2.86. The molecule has 3 rings (SSSR count). The molecule has 19 atom stereocenters. The van der Waals surface area contributed by atoms with Crippen molar-refractivity contribution < 1.29 is 101 Å². The van der Waals surface area contributed by atoms with Gasteiger partial charge in [0.1, 0.15) is 67.1 Å². The topological polar surface area (TPSA) is 235 Å². The van der Waals surface area contributed by atoms with Crippen LogP contribution in [-0.4, -0.2) is 224 Å². The van der Waals surface area contributed by atoms with Gasteiger partial charge in [-0.15, -0.1) is 0 Å². The van der Waals surface area contributed by atoms with Crippen molar-refractivity contribution in [3.63, 3.8) is 0 Å². The number of esters is 1. The normalized spacial score (nSPS) is 29.1. The Kier molecular flexibility index (Phi) is 46.2. The second-order valence-electron chi connectivity index (χ2n) is 24.0. The molecule has 3 saturated heterocycles. The van der Waals surface area contributed by atoms with Crippen LogP contribution in [0.1, 0.15) is 218 Å². The molecule has 88 heavy (non-hydrogen) atoms. The van der Waals surface area contributed by atoms with Crippen molar-refractivity contribution in [1.82, 2.24) is 0 Å². The van der Waals surface area contributed by atoms with Crippen molar-refractivity contribution >= 4 is 5.97 Å². The van der Waals surface area contributed by atoms with Crippen LogP contribution < -0.4 is 0 Å². The fraction of sp³-hybridized carbons (Fsp3) is 0.985. The minimum atomic E-state index is -1.95. The molecule has 3 heterocycles. The molecule has 3 N–H and O–H groups in total. The number of hydrogen-bond donors (Lipinski definition) is 3. The highest BCUT2D eigenvalue weighted by Crippen LogP contribution is 2.38. The average molecular weight is 1270 g/mol. The number of carbonyl (C=O) groups is 1. The number of aliphatic hydroxyl groups excluding tert-OH is 3. The lowest BCUT2D eigenvalue weighted by Gasteiger charge is -2.50. The number of carbonyl (C=O) groups excluding carboxylic acids is 1. The van der Waals surface area contributed by atoms with Crippen LogP contribution in [0.3, 0.4) is 0 Å². The SMILES string of the molecule is CCCCOCC[C@H](OCCCC)C(OCCCC)[C@H](OC(C)=O)[C@@H](O)OC1[C@H](O)C(CO[C@H]2OC(COCCCC)[C@@H](OCCCC)C(OCCCC)C2O)O[C@@H](O[C@@H]2C(COCCCC)O[C@@H](OCCCC)[C@@H](C)C2OCCCC)[C@@H]1OCCCC. The molecule has 0 bridgehead atoms. The van der Waals surface area contributed by atoms with Crippen LogP contribution >= 0.6 is 0 Å². The maximum atomic E-state index is 13.3. The maximum absolute atomic E-state index is 13.3. The molecule has 0 amide bonds. The minimum absolute atomic E-state index is 0.139. The van der Waals surface area contributed by atoms with E-state index in [4.69, 9.17) is 80.5 Å². The van der Waals surface area contributed by atoms with Crippen LogP contribution in [0.4, 0.5) is 0 Å². The van der Waals surface area contributed by atoms with Crippen LogP contribution in [0.15, 0.2) is 0 Å². The highest BCUT2D eigenvalue weighted by Gasteiger charge is 2.55. The lowest BCUT2D eigenvalue weighted by molar-refractivity contribution is -0.379. The van der Waals surface area contributed by atoms with Crippen LogP contribution in [-0.2, 0) is 85.3 Å². The first-order valence-corrected chi connectivity index (χ1v) is 35.0. The summed E-state index contributed by atoms with van der Waals surface area (Å²) in [5.74, 6) is -1.03. The van der Waals surface area contributed by atoms with Crippen molar-refractivity contribution in [2.75, 3.05) is 92.5 Å². The molecule has 3 fully saturated rings. The summed E-state index contributed by atoms with van der Waals surface area (Å²) in [5.41, 5.74) is 0. The molecule has 21 heteroatoms. The Balaban J connectivity index is 2.30. The van der Waals surface area contributed by atoms with Gasteiger partial charge in [0.25, 0.3) is 0 Å². The zero-order valence-corrected chi connectivity index (χ0v) is 56.9. The first-order chi connectivity index (χ1) is 42.8. The Labute approximate surface area is 531 Å². The van der Waals surface area contributed by atoms with Gasteiger partial charge in [-0.25, -0.2) is 0 Å². The van der Waals surface area contributed by atoms with Crippen LogP contribution in [0.2, 0.25) is 0 Å². The van der Waals surface area contributed by atoms with Gasteiger partial charge in [-0.2, -0.15) is 0 Å². The standard InChI is InChI=1S/C67H128O21/c1-13-23-34-72-44-33-50(75-37-26-16-4)57(77-39-28-18-6)62(83-49(12)68)64(71)87-61-54(69)51(47-82-66-55(70)60(79-41-30-20-8)58(78-40-29-19-7)52(86-66)45-73-35-24-14-2)84-67(63(61)80-42-31-21-9)88-59-53(46-74-36-25-15-3)85-65(81-43-32-22-10)48(11)56(59)76-38-27-17-5/h48,50-67,69-71H,13-47H2,1-12H3/t48-,50-,51?,52?,53?,54+,55?,56?,57?,58+,59+,60?,61?,62-,63+,64-,65+,66-,67-/m0/s1. The van der Waals surface area contributed by atoms with Gasteiger partial charge in [0.05, 0.1) is 32.0 Å².